The van der Waals surface area contributed by atoms with Crippen molar-refractivity contribution in [1.82, 2.24) is 23.3 Å². The number of imidazole rings is 1. The first-order valence-electron chi connectivity index (χ1n) is 9.24. The molecular weight excluding hydrogens is 390 g/mol. The largest absolute Gasteiger partial charge is 0.456 e. The van der Waals surface area contributed by atoms with Gasteiger partial charge in [0.25, 0.3) is 5.56 Å². The molecule has 0 fully saturated rings. The van der Waals surface area contributed by atoms with Crippen molar-refractivity contribution in [3.8, 4) is 0 Å². The van der Waals surface area contributed by atoms with Gasteiger partial charge in [-0.25, -0.2) is 14.3 Å². The number of hydrogen-bond donors (Lipinski definition) is 0. The summed E-state index contributed by atoms with van der Waals surface area (Å²) in [6.07, 6.45) is 3.14. The van der Waals surface area contributed by atoms with E-state index in [2.05, 4.69) is 11.6 Å². The number of hydrogen-bond acceptors (Lipinski definition) is 6. The van der Waals surface area contributed by atoms with Crippen LogP contribution in [0, 0.1) is 13.8 Å². The second kappa shape index (κ2) is 7.97. The van der Waals surface area contributed by atoms with Crippen LogP contribution in [0.25, 0.3) is 11.2 Å². The molecule has 30 heavy (non-hydrogen) atoms. The highest BCUT2D eigenvalue weighted by Crippen LogP contribution is 2.16. The van der Waals surface area contributed by atoms with Gasteiger partial charge in [-0.05, 0) is 19.9 Å². The number of fused-ring (bicyclic) bond motifs is 1. The standard InChI is InChI=1S/C20H23N5O5/c1-6-7-24-12(2)8-14(13(24)3)15(26)10-30-16(27)9-25-19(28)17-18(21-11-22(17)4)23(5)20(25)29/h6,8,11H,1,7,9-10H2,2-5H3. The van der Waals surface area contributed by atoms with Crippen molar-refractivity contribution in [1.29, 1.82) is 0 Å². The van der Waals surface area contributed by atoms with E-state index in [1.165, 1.54) is 22.5 Å². The molecule has 0 aliphatic heterocycles. The topological polar surface area (TPSA) is 110 Å². The van der Waals surface area contributed by atoms with E-state index < -0.39 is 30.4 Å². The third-order valence-corrected chi connectivity index (χ3v) is 5.04. The van der Waals surface area contributed by atoms with Gasteiger partial charge in [0.05, 0.1) is 6.33 Å². The molecule has 10 nitrogen and oxygen atoms in total. The number of ether oxygens (including phenoxy) is 1. The van der Waals surface area contributed by atoms with E-state index in [9.17, 15) is 19.2 Å². The SMILES string of the molecule is C=CCn1c(C)cc(C(=O)COC(=O)Cn2c(=O)c3c(ncn3C)n(C)c2=O)c1C. The van der Waals surface area contributed by atoms with Crippen LogP contribution in [0.1, 0.15) is 21.7 Å². The van der Waals surface area contributed by atoms with Crippen molar-refractivity contribution in [3.05, 3.63) is 62.8 Å². The van der Waals surface area contributed by atoms with Crippen LogP contribution in [0.5, 0.6) is 0 Å². The minimum Gasteiger partial charge on any atom is -0.456 e. The van der Waals surface area contributed by atoms with Crippen LogP contribution in [0.2, 0.25) is 0 Å². The zero-order chi connectivity index (χ0) is 22.2. The lowest BCUT2D eigenvalue weighted by molar-refractivity contribution is -0.143. The lowest BCUT2D eigenvalue weighted by Crippen LogP contribution is -2.41. The number of aryl methyl sites for hydroxylation is 3. The molecule has 0 spiro atoms. The van der Waals surface area contributed by atoms with Crippen molar-refractivity contribution in [3.63, 3.8) is 0 Å². The summed E-state index contributed by atoms with van der Waals surface area (Å²) in [6, 6.07) is 1.73. The summed E-state index contributed by atoms with van der Waals surface area (Å²) in [5, 5.41) is 0. The Bertz CT molecular complexity index is 1290. The molecule has 0 aliphatic rings. The molecule has 10 heteroatoms. The van der Waals surface area contributed by atoms with E-state index in [1.54, 1.807) is 26.1 Å². The van der Waals surface area contributed by atoms with Crippen molar-refractivity contribution in [2.75, 3.05) is 6.61 Å². The maximum absolute atomic E-state index is 12.6. The zero-order valence-corrected chi connectivity index (χ0v) is 17.3. The third kappa shape index (κ3) is 3.51. The van der Waals surface area contributed by atoms with E-state index in [-0.39, 0.29) is 16.9 Å². The van der Waals surface area contributed by atoms with E-state index in [0.717, 1.165) is 16.0 Å². The average molecular weight is 413 g/mol. The van der Waals surface area contributed by atoms with Gasteiger partial charge in [0.2, 0.25) is 5.78 Å². The quantitative estimate of drug-likeness (QED) is 0.316. The molecule has 0 bridgehead atoms. The maximum Gasteiger partial charge on any atom is 0.333 e. The highest BCUT2D eigenvalue weighted by molar-refractivity contribution is 5.99. The monoisotopic (exact) mass is 413 g/mol. The minimum atomic E-state index is -0.857. The minimum absolute atomic E-state index is 0.190. The number of Topliss-reactive ketones (excluding diaryl/α,β-unsaturated/α-hetero) is 1. The summed E-state index contributed by atoms with van der Waals surface area (Å²) >= 11 is 0. The first-order chi connectivity index (χ1) is 14.2. The Kier molecular flexibility index (Phi) is 5.59. The Hall–Kier alpha value is -3.69. The van der Waals surface area contributed by atoms with Gasteiger partial charge in [0.15, 0.2) is 17.8 Å². The van der Waals surface area contributed by atoms with Gasteiger partial charge in [0, 0.05) is 37.6 Å². The highest BCUT2D eigenvalue weighted by atomic mass is 16.5. The summed E-state index contributed by atoms with van der Waals surface area (Å²) in [7, 11) is 3.08. The number of esters is 1. The molecule has 0 radical (unpaired) electrons. The molecule has 158 valence electrons. The molecular formula is C20H23N5O5. The Morgan fingerprint density at radius 3 is 2.57 bits per heavy atom. The molecule has 0 saturated heterocycles. The lowest BCUT2D eigenvalue weighted by Gasteiger charge is -2.09. The molecule has 0 N–H and O–H groups in total. The summed E-state index contributed by atoms with van der Waals surface area (Å²) in [6.45, 7) is 6.85. The first kappa shape index (κ1) is 21.0. The Labute approximate surface area is 171 Å². The molecule has 3 aromatic heterocycles. The second-order valence-electron chi connectivity index (χ2n) is 7.03. The van der Waals surface area contributed by atoms with E-state index >= 15 is 0 Å². The molecule has 0 saturated carbocycles. The van der Waals surface area contributed by atoms with Gasteiger partial charge in [-0.15, -0.1) is 6.58 Å². The molecule has 0 aliphatic carbocycles. The predicted molar refractivity (Wildman–Crippen MR) is 110 cm³/mol. The average Bonchev–Trinajstić information content (AvgIpc) is 3.23. The number of allylic oxidation sites excluding steroid dienone is 1. The van der Waals surface area contributed by atoms with Crippen molar-refractivity contribution in [2.45, 2.75) is 26.9 Å². The van der Waals surface area contributed by atoms with Crippen LogP contribution in [-0.4, -0.2) is 41.6 Å². The first-order valence-corrected chi connectivity index (χ1v) is 9.24. The summed E-state index contributed by atoms with van der Waals surface area (Å²) < 4.78 is 10.4. The number of nitrogens with zero attached hydrogens (tertiary/aromatic N) is 5. The van der Waals surface area contributed by atoms with Crippen molar-refractivity contribution >= 4 is 22.9 Å². The lowest BCUT2D eigenvalue weighted by atomic mass is 10.1. The van der Waals surface area contributed by atoms with Crippen LogP contribution < -0.4 is 11.2 Å². The zero-order valence-electron chi connectivity index (χ0n) is 17.3. The number of rotatable bonds is 7. The highest BCUT2D eigenvalue weighted by Gasteiger charge is 2.20. The number of aromatic nitrogens is 5. The fourth-order valence-electron chi connectivity index (χ4n) is 3.43. The molecule has 0 aromatic carbocycles. The number of carbonyl (C=O) groups is 2. The van der Waals surface area contributed by atoms with Crippen LogP contribution in [0.4, 0.5) is 0 Å². The molecule has 3 heterocycles. The summed E-state index contributed by atoms with van der Waals surface area (Å²) in [4.78, 5) is 53.9. The van der Waals surface area contributed by atoms with Gasteiger partial charge in [-0.1, -0.05) is 6.08 Å². The Balaban J connectivity index is 1.77. The van der Waals surface area contributed by atoms with Crippen LogP contribution in [-0.2, 0) is 36.7 Å². The molecule has 3 rings (SSSR count). The van der Waals surface area contributed by atoms with Gasteiger partial charge in [-0.3, -0.25) is 19.0 Å². The third-order valence-electron chi connectivity index (χ3n) is 5.04. The fourth-order valence-corrected chi connectivity index (χ4v) is 3.43. The summed E-state index contributed by atoms with van der Waals surface area (Å²) in [5.41, 5.74) is 1.16. The Morgan fingerprint density at radius 1 is 1.20 bits per heavy atom. The van der Waals surface area contributed by atoms with Crippen LogP contribution in [0.15, 0.2) is 34.6 Å². The normalized spacial score (nSPS) is 11.1. The van der Waals surface area contributed by atoms with Gasteiger partial charge in [-0.2, -0.15) is 0 Å². The van der Waals surface area contributed by atoms with E-state index in [4.69, 9.17) is 4.74 Å². The molecule has 0 amide bonds. The van der Waals surface area contributed by atoms with Crippen molar-refractivity contribution < 1.29 is 14.3 Å². The molecule has 0 unspecified atom stereocenters. The summed E-state index contributed by atoms with van der Waals surface area (Å²) in [5.74, 6) is -1.22. The number of carbonyl (C=O) groups excluding carboxylic acids is 2. The van der Waals surface area contributed by atoms with E-state index in [0.29, 0.717) is 12.1 Å². The smallest absolute Gasteiger partial charge is 0.333 e. The second-order valence-corrected chi connectivity index (χ2v) is 7.03. The van der Waals surface area contributed by atoms with Gasteiger partial charge in [0.1, 0.15) is 6.54 Å². The number of ketones is 1. The fraction of sp³-hybridized carbons (Fsp3) is 0.350. The maximum atomic E-state index is 12.6. The van der Waals surface area contributed by atoms with Gasteiger partial charge < -0.3 is 13.9 Å². The Morgan fingerprint density at radius 2 is 1.90 bits per heavy atom. The molecule has 0 atom stereocenters. The van der Waals surface area contributed by atoms with E-state index in [1.807, 2.05) is 11.5 Å². The van der Waals surface area contributed by atoms with Gasteiger partial charge >= 0.3 is 11.7 Å². The van der Waals surface area contributed by atoms with Crippen molar-refractivity contribution in [2.24, 2.45) is 14.1 Å². The predicted octanol–water partition coefficient (Wildman–Crippen LogP) is 0.464. The van der Waals surface area contributed by atoms with Crippen LogP contribution in [0.3, 0.4) is 0 Å². The molecule has 3 aromatic rings. The van der Waals surface area contributed by atoms with Crippen LogP contribution >= 0.6 is 0 Å².